The fraction of sp³-hybridized carbons (Fsp3) is 0.286. The molecule has 1 aromatic carbocycles. The molecule has 2 rings (SSSR count). The van der Waals surface area contributed by atoms with Gasteiger partial charge in [-0.15, -0.1) is 0 Å². The Morgan fingerprint density at radius 1 is 1.28 bits per heavy atom. The lowest BCUT2D eigenvalue weighted by Crippen LogP contribution is -2.08. The molecule has 0 fully saturated rings. The Morgan fingerprint density at radius 2 is 2.06 bits per heavy atom. The molecule has 0 aliphatic heterocycles. The molecule has 1 aromatic heterocycles. The summed E-state index contributed by atoms with van der Waals surface area (Å²) >= 11 is 0. The zero-order valence-electron chi connectivity index (χ0n) is 10.2. The summed E-state index contributed by atoms with van der Waals surface area (Å²) in [5, 5.41) is 9.24. The van der Waals surface area contributed by atoms with Crippen LogP contribution in [0, 0.1) is 5.82 Å². The van der Waals surface area contributed by atoms with Gasteiger partial charge in [0, 0.05) is 17.7 Å². The second-order valence-electron chi connectivity index (χ2n) is 4.07. The van der Waals surface area contributed by atoms with Crippen LogP contribution in [0.4, 0.5) is 4.39 Å². The smallest absolute Gasteiger partial charge is 0.134 e. The molecular formula is C14H15FN2O. The predicted octanol–water partition coefficient (Wildman–Crippen LogP) is 2.77. The highest BCUT2D eigenvalue weighted by Gasteiger charge is 2.13. The van der Waals surface area contributed by atoms with Crippen LogP contribution >= 0.6 is 0 Å². The molecule has 2 aromatic rings. The van der Waals surface area contributed by atoms with Crippen molar-refractivity contribution in [1.82, 2.24) is 9.97 Å². The summed E-state index contributed by atoms with van der Waals surface area (Å²) in [6.45, 7) is 1.96. The van der Waals surface area contributed by atoms with Gasteiger partial charge in [-0.25, -0.2) is 14.4 Å². The monoisotopic (exact) mass is 246 g/mol. The van der Waals surface area contributed by atoms with Crippen molar-refractivity contribution in [3.05, 3.63) is 48.2 Å². The van der Waals surface area contributed by atoms with E-state index in [1.807, 2.05) is 6.92 Å². The average molecular weight is 246 g/mol. The molecule has 1 unspecified atom stereocenters. The number of hydrogen-bond donors (Lipinski definition) is 1. The van der Waals surface area contributed by atoms with E-state index in [0.29, 0.717) is 17.1 Å². The van der Waals surface area contributed by atoms with Crippen LogP contribution in [0.25, 0.3) is 11.3 Å². The maximum atomic E-state index is 13.7. The van der Waals surface area contributed by atoms with E-state index in [-0.39, 0.29) is 18.3 Å². The van der Waals surface area contributed by atoms with Crippen LogP contribution in [0.5, 0.6) is 0 Å². The van der Waals surface area contributed by atoms with Crippen LogP contribution in [0.2, 0.25) is 0 Å². The number of benzene rings is 1. The molecular weight excluding hydrogens is 231 g/mol. The SMILES string of the molecule is CCC(CO)c1nccc(-c2ccccc2F)n1. The molecule has 0 bridgehead atoms. The molecule has 1 heterocycles. The lowest BCUT2D eigenvalue weighted by Gasteiger charge is -2.11. The molecule has 0 saturated heterocycles. The number of hydrogen-bond acceptors (Lipinski definition) is 3. The standard InChI is InChI=1S/C14H15FN2O/c1-2-10(9-18)14-16-8-7-13(17-14)11-5-3-4-6-12(11)15/h3-8,10,18H,2,9H2,1H3. The number of rotatable bonds is 4. The summed E-state index contributed by atoms with van der Waals surface area (Å²) in [6.07, 6.45) is 2.35. The fourth-order valence-corrected chi connectivity index (χ4v) is 1.78. The largest absolute Gasteiger partial charge is 0.396 e. The van der Waals surface area contributed by atoms with E-state index < -0.39 is 0 Å². The minimum Gasteiger partial charge on any atom is -0.396 e. The lowest BCUT2D eigenvalue weighted by molar-refractivity contribution is 0.257. The van der Waals surface area contributed by atoms with Crippen LogP contribution in [0.3, 0.4) is 0 Å². The van der Waals surface area contributed by atoms with Crippen LogP contribution in [-0.2, 0) is 0 Å². The van der Waals surface area contributed by atoms with Gasteiger partial charge in [0.1, 0.15) is 11.6 Å². The van der Waals surface area contributed by atoms with E-state index in [2.05, 4.69) is 9.97 Å². The lowest BCUT2D eigenvalue weighted by atomic mass is 10.1. The van der Waals surface area contributed by atoms with Gasteiger partial charge in [-0.1, -0.05) is 19.1 Å². The van der Waals surface area contributed by atoms with Crippen molar-refractivity contribution in [2.24, 2.45) is 0 Å². The van der Waals surface area contributed by atoms with Gasteiger partial charge < -0.3 is 5.11 Å². The first-order valence-electron chi connectivity index (χ1n) is 5.95. The highest BCUT2D eigenvalue weighted by atomic mass is 19.1. The summed E-state index contributed by atoms with van der Waals surface area (Å²) in [7, 11) is 0. The summed E-state index contributed by atoms with van der Waals surface area (Å²) in [5.41, 5.74) is 0.999. The van der Waals surface area contributed by atoms with Gasteiger partial charge in [0.05, 0.1) is 12.3 Å². The molecule has 1 atom stereocenters. The highest BCUT2D eigenvalue weighted by Crippen LogP contribution is 2.22. The van der Waals surface area contributed by atoms with Crippen molar-refractivity contribution in [3.8, 4) is 11.3 Å². The van der Waals surface area contributed by atoms with E-state index in [1.165, 1.54) is 6.07 Å². The van der Waals surface area contributed by atoms with Gasteiger partial charge >= 0.3 is 0 Å². The Hall–Kier alpha value is -1.81. The third kappa shape index (κ3) is 2.54. The zero-order chi connectivity index (χ0) is 13.0. The van der Waals surface area contributed by atoms with Crippen molar-refractivity contribution in [2.75, 3.05) is 6.61 Å². The third-order valence-electron chi connectivity index (χ3n) is 2.90. The maximum absolute atomic E-state index is 13.7. The van der Waals surface area contributed by atoms with Crippen molar-refractivity contribution >= 4 is 0 Å². The summed E-state index contributed by atoms with van der Waals surface area (Å²) in [4.78, 5) is 8.48. The first kappa shape index (κ1) is 12.6. The molecule has 4 heteroatoms. The van der Waals surface area contributed by atoms with E-state index in [1.54, 1.807) is 30.5 Å². The minimum absolute atomic E-state index is 0.00275. The van der Waals surface area contributed by atoms with E-state index in [9.17, 15) is 9.50 Å². The van der Waals surface area contributed by atoms with E-state index in [0.717, 1.165) is 6.42 Å². The quantitative estimate of drug-likeness (QED) is 0.902. The van der Waals surface area contributed by atoms with E-state index >= 15 is 0 Å². The molecule has 3 nitrogen and oxygen atoms in total. The Kier molecular flexibility index (Phi) is 3.99. The first-order chi connectivity index (χ1) is 8.76. The number of nitrogens with zero attached hydrogens (tertiary/aromatic N) is 2. The molecule has 94 valence electrons. The molecule has 0 aliphatic rings. The second kappa shape index (κ2) is 5.69. The Bertz CT molecular complexity index is 527. The van der Waals surface area contributed by atoms with E-state index in [4.69, 9.17) is 0 Å². The normalized spacial score (nSPS) is 12.4. The van der Waals surface area contributed by atoms with Crippen LogP contribution in [0.1, 0.15) is 25.1 Å². The number of aliphatic hydroxyl groups excluding tert-OH is 1. The Labute approximate surface area is 105 Å². The average Bonchev–Trinajstić information content (AvgIpc) is 2.41. The van der Waals surface area contributed by atoms with Crippen molar-refractivity contribution in [3.63, 3.8) is 0 Å². The highest BCUT2D eigenvalue weighted by molar-refractivity contribution is 5.59. The van der Waals surface area contributed by atoms with Crippen molar-refractivity contribution in [1.29, 1.82) is 0 Å². The van der Waals surface area contributed by atoms with Gasteiger partial charge in [0.25, 0.3) is 0 Å². The molecule has 0 spiro atoms. The number of aromatic nitrogens is 2. The van der Waals surface area contributed by atoms with Crippen molar-refractivity contribution in [2.45, 2.75) is 19.3 Å². The number of aliphatic hydroxyl groups is 1. The molecule has 0 radical (unpaired) electrons. The Balaban J connectivity index is 2.42. The maximum Gasteiger partial charge on any atom is 0.134 e. The summed E-state index contributed by atoms with van der Waals surface area (Å²) in [6, 6.07) is 8.17. The zero-order valence-corrected chi connectivity index (χ0v) is 10.2. The van der Waals surface area contributed by atoms with Gasteiger partial charge in [-0.2, -0.15) is 0 Å². The van der Waals surface area contributed by atoms with Crippen LogP contribution < -0.4 is 0 Å². The van der Waals surface area contributed by atoms with Gasteiger partial charge in [-0.05, 0) is 24.6 Å². The van der Waals surface area contributed by atoms with Crippen LogP contribution in [0.15, 0.2) is 36.5 Å². The first-order valence-corrected chi connectivity index (χ1v) is 5.95. The van der Waals surface area contributed by atoms with Gasteiger partial charge in [-0.3, -0.25) is 0 Å². The van der Waals surface area contributed by atoms with Crippen LogP contribution in [-0.4, -0.2) is 21.7 Å². The topological polar surface area (TPSA) is 46.0 Å². The molecule has 1 N–H and O–H groups in total. The molecule has 0 amide bonds. The predicted molar refractivity (Wildman–Crippen MR) is 67.5 cm³/mol. The van der Waals surface area contributed by atoms with Crippen molar-refractivity contribution < 1.29 is 9.50 Å². The second-order valence-corrected chi connectivity index (χ2v) is 4.07. The summed E-state index contributed by atoms with van der Waals surface area (Å²) < 4.78 is 13.7. The minimum atomic E-state index is -0.306. The van der Waals surface area contributed by atoms with Gasteiger partial charge in [0.2, 0.25) is 0 Å². The fourth-order valence-electron chi connectivity index (χ4n) is 1.78. The van der Waals surface area contributed by atoms with Gasteiger partial charge in [0.15, 0.2) is 0 Å². The Morgan fingerprint density at radius 3 is 2.72 bits per heavy atom. The molecule has 18 heavy (non-hydrogen) atoms. The third-order valence-corrected chi connectivity index (χ3v) is 2.90. The molecule has 0 aliphatic carbocycles. The summed E-state index contributed by atoms with van der Waals surface area (Å²) in [5.74, 6) is 0.150. The number of halogens is 1. The molecule has 0 saturated carbocycles.